The number of benzene rings is 3. The van der Waals surface area contributed by atoms with E-state index in [-0.39, 0.29) is 10.6 Å². The van der Waals surface area contributed by atoms with Crippen LogP contribution in [0.3, 0.4) is 0 Å². The summed E-state index contributed by atoms with van der Waals surface area (Å²) in [5, 5.41) is 15.4. The van der Waals surface area contributed by atoms with E-state index in [0.29, 0.717) is 5.69 Å². The third kappa shape index (κ3) is 5.17. The molecule has 0 aromatic heterocycles. The molecule has 0 radical (unpaired) electrons. The zero-order chi connectivity index (χ0) is 20.9. The quantitative estimate of drug-likeness (QED) is 0.345. The van der Waals surface area contributed by atoms with E-state index >= 15 is 0 Å². The fourth-order valence-corrected chi connectivity index (χ4v) is 3.65. The predicted octanol–water partition coefficient (Wildman–Crippen LogP) is 4.15. The number of aryl methyl sites for hydroxylation is 1. The number of hydrogen-bond acceptors (Lipinski definition) is 6. The van der Waals surface area contributed by atoms with Gasteiger partial charge in [0.25, 0.3) is 15.7 Å². The number of para-hydroxylation sites is 1. The summed E-state index contributed by atoms with van der Waals surface area (Å²) in [6.45, 7) is 1.94. The molecule has 0 spiro atoms. The van der Waals surface area contributed by atoms with Crippen LogP contribution in [0.2, 0.25) is 0 Å². The van der Waals surface area contributed by atoms with Crippen LogP contribution in [0.1, 0.15) is 11.1 Å². The number of sulfonamides is 1. The van der Waals surface area contributed by atoms with E-state index in [2.05, 4.69) is 15.2 Å². The Labute approximate surface area is 168 Å². The number of nitrogens with zero attached hydrogens (tertiary/aromatic N) is 2. The molecule has 29 heavy (non-hydrogen) atoms. The summed E-state index contributed by atoms with van der Waals surface area (Å²) in [5.74, 6) is 0. The van der Waals surface area contributed by atoms with E-state index in [0.717, 1.165) is 17.2 Å². The third-order valence-corrected chi connectivity index (χ3v) is 5.32. The minimum atomic E-state index is -3.98. The molecule has 2 N–H and O–H groups in total. The zero-order valence-corrected chi connectivity index (χ0v) is 16.3. The Hall–Kier alpha value is -3.72. The lowest BCUT2D eigenvalue weighted by Gasteiger charge is -2.09. The van der Waals surface area contributed by atoms with Crippen LogP contribution in [0.25, 0.3) is 0 Å². The van der Waals surface area contributed by atoms with Gasteiger partial charge in [-0.2, -0.15) is 5.10 Å². The summed E-state index contributed by atoms with van der Waals surface area (Å²) in [6, 6.07) is 19.4. The van der Waals surface area contributed by atoms with Crippen molar-refractivity contribution in [3.63, 3.8) is 0 Å². The number of hydrogen-bond donors (Lipinski definition) is 2. The molecule has 3 aromatic rings. The highest BCUT2D eigenvalue weighted by molar-refractivity contribution is 7.92. The van der Waals surface area contributed by atoms with Crippen molar-refractivity contribution in [1.29, 1.82) is 0 Å². The minimum Gasteiger partial charge on any atom is -0.280 e. The van der Waals surface area contributed by atoms with Crippen LogP contribution in [-0.2, 0) is 10.0 Å². The third-order valence-electron chi connectivity index (χ3n) is 3.94. The number of anilines is 2. The van der Waals surface area contributed by atoms with Gasteiger partial charge >= 0.3 is 0 Å². The van der Waals surface area contributed by atoms with Gasteiger partial charge in [0.15, 0.2) is 0 Å². The van der Waals surface area contributed by atoms with E-state index in [1.165, 1.54) is 18.3 Å². The van der Waals surface area contributed by atoms with Crippen LogP contribution >= 0.6 is 0 Å². The average molecular weight is 410 g/mol. The van der Waals surface area contributed by atoms with Crippen molar-refractivity contribution in [3.8, 4) is 0 Å². The van der Waals surface area contributed by atoms with Crippen LogP contribution < -0.4 is 10.1 Å². The summed E-state index contributed by atoms with van der Waals surface area (Å²) >= 11 is 0. The summed E-state index contributed by atoms with van der Waals surface area (Å²) in [4.78, 5) is 10.6. The van der Waals surface area contributed by atoms with Crippen LogP contribution in [0.4, 0.5) is 17.1 Å². The molecule has 0 atom stereocenters. The molecular formula is C20H18N4O4S. The van der Waals surface area contributed by atoms with Crippen LogP contribution in [0.15, 0.2) is 82.8 Å². The maximum absolute atomic E-state index is 12.5. The largest absolute Gasteiger partial charge is 0.295 e. The van der Waals surface area contributed by atoms with Crippen LogP contribution in [-0.4, -0.2) is 19.6 Å². The van der Waals surface area contributed by atoms with Gasteiger partial charge in [-0.1, -0.05) is 48.0 Å². The Kier molecular flexibility index (Phi) is 5.89. The molecule has 0 amide bonds. The number of nitro benzene ring substituents is 1. The Bertz CT molecular complexity index is 1160. The first kappa shape index (κ1) is 20.0. The van der Waals surface area contributed by atoms with Crippen molar-refractivity contribution in [3.05, 3.63) is 94.0 Å². The fourth-order valence-electron chi connectivity index (χ4n) is 2.57. The van der Waals surface area contributed by atoms with Gasteiger partial charge in [0.05, 0.1) is 16.0 Å². The molecule has 0 aliphatic heterocycles. The second kappa shape index (κ2) is 8.53. The zero-order valence-electron chi connectivity index (χ0n) is 15.4. The van der Waals surface area contributed by atoms with E-state index in [4.69, 9.17) is 0 Å². The molecule has 0 aliphatic rings. The minimum absolute atomic E-state index is 0.0811. The molecule has 0 unspecified atom stereocenters. The van der Waals surface area contributed by atoms with Gasteiger partial charge in [-0.15, -0.1) is 0 Å². The lowest BCUT2D eigenvalue weighted by molar-refractivity contribution is -0.384. The van der Waals surface area contributed by atoms with Crippen molar-refractivity contribution in [2.45, 2.75) is 11.8 Å². The first-order chi connectivity index (χ1) is 13.8. The molecule has 0 saturated heterocycles. The highest BCUT2D eigenvalue weighted by Gasteiger charge is 2.21. The molecule has 0 heterocycles. The van der Waals surface area contributed by atoms with Gasteiger partial charge in [-0.3, -0.25) is 20.3 Å². The molecule has 3 rings (SSSR count). The first-order valence-electron chi connectivity index (χ1n) is 8.57. The first-order valence-corrected chi connectivity index (χ1v) is 10.1. The van der Waals surface area contributed by atoms with Gasteiger partial charge in [0.2, 0.25) is 0 Å². The molecular weight excluding hydrogens is 392 g/mol. The molecule has 3 aromatic carbocycles. The second-order valence-corrected chi connectivity index (χ2v) is 7.87. The molecule has 0 saturated carbocycles. The van der Waals surface area contributed by atoms with Gasteiger partial charge < -0.3 is 0 Å². The average Bonchev–Trinajstić information content (AvgIpc) is 2.68. The molecule has 0 fully saturated rings. The van der Waals surface area contributed by atoms with Crippen LogP contribution in [0.5, 0.6) is 0 Å². The standard InChI is InChI=1S/C20H18N4O4S/c1-15-6-5-7-16(12-15)14-21-22-19-11-10-18(13-20(19)24(25)26)29(27,28)23-17-8-3-2-4-9-17/h2-14,22-23H,1H3/b21-14+. The van der Waals surface area contributed by atoms with Gasteiger partial charge in [-0.25, -0.2) is 8.42 Å². The maximum Gasteiger partial charge on any atom is 0.295 e. The normalized spacial score (nSPS) is 11.3. The lowest BCUT2D eigenvalue weighted by Crippen LogP contribution is -2.13. The fraction of sp³-hybridized carbons (Fsp3) is 0.0500. The Balaban J connectivity index is 1.84. The van der Waals surface area contributed by atoms with Gasteiger partial charge in [-0.05, 0) is 36.8 Å². The lowest BCUT2D eigenvalue weighted by atomic mass is 10.2. The molecule has 0 aliphatic carbocycles. The molecule has 148 valence electrons. The van der Waals surface area contributed by atoms with Crippen molar-refractivity contribution < 1.29 is 13.3 Å². The van der Waals surface area contributed by atoms with Gasteiger partial charge in [0.1, 0.15) is 5.69 Å². The summed E-state index contributed by atoms with van der Waals surface area (Å²) in [6.07, 6.45) is 1.53. The van der Waals surface area contributed by atoms with Crippen molar-refractivity contribution in [2.24, 2.45) is 5.10 Å². The smallest absolute Gasteiger partial charge is 0.280 e. The topological polar surface area (TPSA) is 114 Å². The van der Waals surface area contributed by atoms with Crippen molar-refractivity contribution >= 4 is 33.3 Å². The second-order valence-electron chi connectivity index (χ2n) is 6.19. The number of hydrazone groups is 1. The number of nitro groups is 1. The summed E-state index contributed by atoms with van der Waals surface area (Å²) in [7, 11) is -3.98. The molecule has 0 bridgehead atoms. The monoisotopic (exact) mass is 410 g/mol. The van der Waals surface area contributed by atoms with Crippen LogP contribution in [0, 0.1) is 17.0 Å². The molecule has 8 nitrogen and oxygen atoms in total. The molecule has 9 heteroatoms. The highest BCUT2D eigenvalue weighted by Crippen LogP contribution is 2.28. The van der Waals surface area contributed by atoms with E-state index in [9.17, 15) is 18.5 Å². The Morgan fingerprint density at radius 1 is 1.00 bits per heavy atom. The SMILES string of the molecule is Cc1cccc(/C=N/Nc2ccc(S(=O)(=O)Nc3ccccc3)cc2[N+](=O)[O-])c1. The van der Waals surface area contributed by atoms with E-state index < -0.39 is 20.6 Å². The summed E-state index contributed by atoms with van der Waals surface area (Å²) < 4.78 is 27.5. The Morgan fingerprint density at radius 3 is 2.45 bits per heavy atom. The number of nitrogens with one attached hydrogen (secondary N) is 2. The van der Waals surface area contributed by atoms with E-state index in [1.54, 1.807) is 30.3 Å². The van der Waals surface area contributed by atoms with Gasteiger partial charge in [0, 0.05) is 11.8 Å². The van der Waals surface area contributed by atoms with Crippen molar-refractivity contribution in [1.82, 2.24) is 0 Å². The van der Waals surface area contributed by atoms with E-state index in [1.807, 2.05) is 31.2 Å². The maximum atomic E-state index is 12.5. The Morgan fingerprint density at radius 2 is 1.76 bits per heavy atom. The summed E-state index contributed by atoms with van der Waals surface area (Å²) in [5.41, 5.74) is 4.53. The van der Waals surface area contributed by atoms with Crippen molar-refractivity contribution in [2.75, 3.05) is 10.1 Å². The highest BCUT2D eigenvalue weighted by atomic mass is 32.2. The number of rotatable bonds is 7. The predicted molar refractivity (Wildman–Crippen MR) is 113 cm³/mol.